The molecule has 0 saturated heterocycles. The number of hydrogen-bond acceptors (Lipinski definition) is 5. The lowest BCUT2D eigenvalue weighted by Gasteiger charge is -2.13. The average molecular weight is 262 g/mol. The van der Waals surface area contributed by atoms with E-state index in [1.165, 1.54) is 31.1 Å². The number of rotatable bonds is 5. The second kappa shape index (κ2) is 5.30. The van der Waals surface area contributed by atoms with Crippen LogP contribution in [-0.4, -0.2) is 51.6 Å². The van der Waals surface area contributed by atoms with Crippen LogP contribution in [0.2, 0.25) is 0 Å². The van der Waals surface area contributed by atoms with Crippen molar-refractivity contribution in [1.29, 1.82) is 0 Å². The summed E-state index contributed by atoms with van der Waals surface area (Å²) in [5.74, 6) is -0.577. The van der Waals surface area contributed by atoms with E-state index in [1.54, 1.807) is 0 Å². The lowest BCUT2D eigenvalue weighted by Crippen LogP contribution is -2.29. The fourth-order valence-electron chi connectivity index (χ4n) is 1.12. The SMILES string of the molecule is CNS(=O)(=O)c1ccc(C(=O)N(C)CCO)o1. The number of carbonyl (C=O) groups is 1. The first-order valence-electron chi connectivity index (χ1n) is 4.82. The molecule has 1 aromatic heterocycles. The number of carbonyl (C=O) groups excluding carboxylic acids is 1. The summed E-state index contributed by atoms with van der Waals surface area (Å²) in [6, 6.07) is 2.48. The van der Waals surface area contributed by atoms with Gasteiger partial charge in [-0.1, -0.05) is 0 Å². The molecule has 8 heteroatoms. The fourth-order valence-corrected chi connectivity index (χ4v) is 1.77. The van der Waals surface area contributed by atoms with Gasteiger partial charge in [0.25, 0.3) is 15.9 Å². The molecule has 1 aromatic rings. The lowest BCUT2D eigenvalue weighted by atomic mass is 10.4. The van der Waals surface area contributed by atoms with Crippen molar-refractivity contribution < 1.29 is 22.7 Å². The van der Waals surface area contributed by atoms with E-state index in [1.807, 2.05) is 0 Å². The number of hydrogen-bond donors (Lipinski definition) is 2. The second-order valence-corrected chi connectivity index (χ2v) is 5.09. The van der Waals surface area contributed by atoms with Gasteiger partial charge in [0.2, 0.25) is 5.09 Å². The van der Waals surface area contributed by atoms with Gasteiger partial charge >= 0.3 is 0 Å². The van der Waals surface area contributed by atoms with Gasteiger partial charge in [0.15, 0.2) is 5.76 Å². The maximum Gasteiger partial charge on any atom is 0.289 e. The number of aliphatic hydroxyl groups excluding tert-OH is 1. The Balaban J connectivity index is 2.92. The largest absolute Gasteiger partial charge is 0.438 e. The Hall–Kier alpha value is -1.38. The summed E-state index contributed by atoms with van der Waals surface area (Å²) in [7, 11) is -0.959. The predicted octanol–water partition coefficient (Wildman–Crippen LogP) is -0.748. The van der Waals surface area contributed by atoms with Crippen molar-refractivity contribution in [2.75, 3.05) is 27.2 Å². The van der Waals surface area contributed by atoms with Crippen molar-refractivity contribution in [1.82, 2.24) is 9.62 Å². The standard InChI is InChI=1S/C9H14N2O5S/c1-10-17(14,15)8-4-3-7(16-8)9(13)11(2)5-6-12/h3-4,10,12H,5-6H2,1-2H3. The molecule has 1 rings (SSSR count). The smallest absolute Gasteiger partial charge is 0.289 e. The Morgan fingerprint density at radius 2 is 2.18 bits per heavy atom. The minimum absolute atomic E-state index is 0.0882. The minimum atomic E-state index is -3.69. The zero-order valence-electron chi connectivity index (χ0n) is 9.50. The molecule has 96 valence electrons. The quantitative estimate of drug-likeness (QED) is 0.727. The van der Waals surface area contributed by atoms with Crippen LogP contribution < -0.4 is 4.72 Å². The van der Waals surface area contributed by atoms with E-state index in [0.717, 1.165) is 0 Å². The fraction of sp³-hybridized carbons (Fsp3) is 0.444. The third-order valence-corrected chi connectivity index (χ3v) is 3.39. The van der Waals surface area contributed by atoms with Gasteiger partial charge in [-0.25, -0.2) is 13.1 Å². The van der Waals surface area contributed by atoms with Crippen LogP contribution in [0.3, 0.4) is 0 Å². The summed E-state index contributed by atoms with van der Waals surface area (Å²) in [6.45, 7) is -0.0295. The van der Waals surface area contributed by atoms with Gasteiger partial charge in [0, 0.05) is 13.6 Å². The van der Waals surface area contributed by atoms with E-state index in [9.17, 15) is 13.2 Å². The molecular formula is C9H14N2O5S. The molecule has 1 heterocycles. The number of furan rings is 1. The third-order valence-electron chi connectivity index (χ3n) is 2.11. The molecule has 0 aromatic carbocycles. The zero-order chi connectivity index (χ0) is 13.1. The van der Waals surface area contributed by atoms with Crippen molar-refractivity contribution in [2.45, 2.75) is 5.09 Å². The number of nitrogens with zero attached hydrogens (tertiary/aromatic N) is 1. The molecule has 0 unspecified atom stereocenters. The van der Waals surface area contributed by atoms with Crippen LogP contribution >= 0.6 is 0 Å². The molecule has 0 spiro atoms. The maximum atomic E-state index is 11.7. The Bertz CT molecular complexity index is 493. The van der Waals surface area contributed by atoms with Crippen LogP contribution in [0.1, 0.15) is 10.6 Å². The molecule has 2 N–H and O–H groups in total. The summed E-state index contributed by atoms with van der Waals surface area (Å²) in [5, 5.41) is 8.36. The van der Waals surface area contributed by atoms with Crippen molar-refractivity contribution >= 4 is 15.9 Å². The predicted molar refractivity (Wildman–Crippen MR) is 59.0 cm³/mol. The van der Waals surface area contributed by atoms with E-state index < -0.39 is 15.9 Å². The van der Waals surface area contributed by atoms with Crippen LogP contribution in [0.15, 0.2) is 21.6 Å². The van der Waals surface area contributed by atoms with Gasteiger partial charge in [0.05, 0.1) is 6.61 Å². The Morgan fingerprint density at radius 3 is 2.71 bits per heavy atom. The molecule has 0 aliphatic heterocycles. The van der Waals surface area contributed by atoms with Gasteiger partial charge in [-0.3, -0.25) is 4.79 Å². The molecule has 0 fully saturated rings. The normalized spacial score (nSPS) is 11.5. The Labute approximate surface area is 99.1 Å². The molecule has 7 nitrogen and oxygen atoms in total. The van der Waals surface area contributed by atoms with Crippen LogP contribution in [0.25, 0.3) is 0 Å². The molecule has 0 radical (unpaired) electrons. The maximum absolute atomic E-state index is 11.7. The Kier molecular flexibility index (Phi) is 4.27. The molecule has 0 bridgehead atoms. The van der Waals surface area contributed by atoms with Gasteiger partial charge in [0.1, 0.15) is 0 Å². The highest BCUT2D eigenvalue weighted by atomic mass is 32.2. The molecular weight excluding hydrogens is 248 g/mol. The van der Waals surface area contributed by atoms with E-state index >= 15 is 0 Å². The van der Waals surface area contributed by atoms with E-state index in [2.05, 4.69) is 4.72 Å². The first kappa shape index (κ1) is 13.7. The van der Waals surface area contributed by atoms with Gasteiger partial charge in [-0.05, 0) is 19.2 Å². The highest BCUT2D eigenvalue weighted by Gasteiger charge is 2.21. The molecule has 0 saturated carbocycles. The molecule has 0 atom stereocenters. The number of sulfonamides is 1. The summed E-state index contributed by atoms with van der Waals surface area (Å²) in [4.78, 5) is 12.9. The van der Waals surface area contributed by atoms with Crippen molar-refractivity contribution in [3.63, 3.8) is 0 Å². The van der Waals surface area contributed by atoms with Gasteiger partial charge in [-0.2, -0.15) is 0 Å². The first-order chi connectivity index (χ1) is 7.92. The number of likely N-dealkylation sites (N-methyl/N-ethyl adjacent to an activating group) is 1. The van der Waals surface area contributed by atoms with Crippen molar-refractivity contribution in [2.24, 2.45) is 0 Å². The Morgan fingerprint density at radius 1 is 1.53 bits per heavy atom. The number of amides is 1. The van der Waals surface area contributed by atoms with Crippen LogP contribution in [0.4, 0.5) is 0 Å². The molecule has 0 aliphatic rings. The monoisotopic (exact) mass is 262 g/mol. The van der Waals surface area contributed by atoms with E-state index in [0.29, 0.717) is 0 Å². The molecule has 17 heavy (non-hydrogen) atoms. The molecule has 0 aliphatic carbocycles. The molecule has 1 amide bonds. The van der Waals surface area contributed by atoms with Crippen molar-refractivity contribution in [3.05, 3.63) is 17.9 Å². The lowest BCUT2D eigenvalue weighted by molar-refractivity contribution is 0.0730. The van der Waals surface area contributed by atoms with Crippen molar-refractivity contribution in [3.8, 4) is 0 Å². The van der Waals surface area contributed by atoms with Gasteiger partial charge in [-0.15, -0.1) is 0 Å². The van der Waals surface area contributed by atoms with Crippen LogP contribution in [0.5, 0.6) is 0 Å². The second-order valence-electron chi connectivity index (χ2n) is 3.28. The van der Waals surface area contributed by atoms with Crippen LogP contribution in [-0.2, 0) is 10.0 Å². The summed E-state index contributed by atoms with van der Waals surface area (Å²) in [5.41, 5.74) is 0. The number of nitrogens with one attached hydrogen (secondary N) is 1. The summed E-state index contributed by atoms with van der Waals surface area (Å²) >= 11 is 0. The zero-order valence-corrected chi connectivity index (χ0v) is 10.3. The minimum Gasteiger partial charge on any atom is -0.438 e. The third kappa shape index (κ3) is 3.05. The summed E-state index contributed by atoms with van der Waals surface area (Å²) in [6.07, 6.45) is 0. The highest BCUT2D eigenvalue weighted by Crippen LogP contribution is 2.14. The summed E-state index contributed by atoms with van der Waals surface area (Å²) < 4.78 is 29.7. The van der Waals surface area contributed by atoms with E-state index in [-0.39, 0.29) is 24.0 Å². The number of aliphatic hydroxyl groups is 1. The highest BCUT2D eigenvalue weighted by molar-refractivity contribution is 7.89. The first-order valence-corrected chi connectivity index (χ1v) is 6.30. The average Bonchev–Trinajstić information content (AvgIpc) is 2.78. The van der Waals surface area contributed by atoms with E-state index in [4.69, 9.17) is 9.52 Å². The topological polar surface area (TPSA) is 99.9 Å². The van der Waals surface area contributed by atoms with Crippen LogP contribution in [0, 0.1) is 0 Å². The van der Waals surface area contributed by atoms with Gasteiger partial charge < -0.3 is 14.4 Å².